The lowest BCUT2D eigenvalue weighted by Gasteiger charge is -2.24. The van der Waals surface area contributed by atoms with Crippen molar-refractivity contribution in [1.82, 2.24) is 5.32 Å². The van der Waals surface area contributed by atoms with Crippen molar-refractivity contribution in [2.45, 2.75) is 10.8 Å². The van der Waals surface area contributed by atoms with Gasteiger partial charge in [-0.15, -0.1) is 0 Å². The molecule has 0 bridgehead atoms. The Hall–Kier alpha value is -2.57. The molecule has 116 valence electrons. The Bertz CT molecular complexity index is 910. The fourth-order valence-corrected chi connectivity index (χ4v) is 3.78. The van der Waals surface area contributed by atoms with Gasteiger partial charge in [-0.05, 0) is 23.6 Å². The first-order valence-electron chi connectivity index (χ1n) is 7.47. The third-order valence-electron chi connectivity index (χ3n) is 4.01. The molecule has 2 aromatic carbocycles. The quantitative estimate of drug-likeness (QED) is 0.558. The van der Waals surface area contributed by atoms with Crippen LogP contribution < -0.4 is 5.32 Å². The molecular weight excluding hydrogens is 409 g/mol. The molecule has 1 N–H and O–H groups in total. The zero-order valence-corrected chi connectivity index (χ0v) is 15.2. The minimum absolute atomic E-state index is 0.220. The van der Waals surface area contributed by atoms with Crippen LogP contribution in [0.5, 0.6) is 0 Å². The first-order chi connectivity index (χ1) is 11.7. The number of halogens is 1. The maximum Gasteiger partial charge on any atom is 0.0984 e. The van der Waals surface area contributed by atoms with E-state index in [1.54, 1.807) is 0 Å². The Kier molecular flexibility index (Phi) is 4.69. The number of benzene rings is 2. The van der Waals surface area contributed by atoms with Gasteiger partial charge in [0.05, 0.1) is 32.9 Å². The smallest absolute Gasteiger partial charge is 0.0984 e. The predicted octanol–water partition coefficient (Wildman–Crippen LogP) is 4.79. The second-order valence-electron chi connectivity index (χ2n) is 5.48. The van der Waals surface area contributed by atoms with Crippen LogP contribution >= 0.6 is 22.6 Å². The van der Waals surface area contributed by atoms with E-state index in [0.29, 0.717) is 11.1 Å². The number of nitriles is 2. The lowest BCUT2D eigenvalue weighted by Crippen LogP contribution is -2.24. The van der Waals surface area contributed by atoms with Crippen LogP contribution in [0.2, 0.25) is 0 Å². The summed E-state index contributed by atoms with van der Waals surface area (Å²) >= 11 is 2.15. The zero-order chi connectivity index (χ0) is 17.1. The van der Waals surface area contributed by atoms with Crippen molar-refractivity contribution < 1.29 is 0 Å². The lowest BCUT2D eigenvalue weighted by atomic mass is 9.95. The Morgan fingerprint density at radius 3 is 1.96 bits per heavy atom. The maximum atomic E-state index is 9.54. The standard InChI is InChI=1S/C20H14IN3/c1-13-17(11-22)19(21)18(12-23)20(24-13)16-9-7-15(8-10-16)14-5-3-2-4-6-14/h2-10,19,24H,1H3. The molecule has 1 heterocycles. The van der Waals surface area contributed by atoms with Gasteiger partial charge in [-0.1, -0.05) is 77.2 Å². The van der Waals surface area contributed by atoms with Crippen LogP contribution in [0.15, 0.2) is 71.4 Å². The Balaban J connectivity index is 2.00. The highest BCUT2D eigenvalue weighted by atomic mass is 127. The number of nitrogens with zero attached hydrogens (tertiary/aromatic N) is 2. The van der Waals surface area contributed by atoms with Crippen molar-refractivity contribution in [2.24, 2.45) is 0 Å². The SMILES string of the molecule is CC1=C(C#N)C(I)C(C#N)=C(c2ccc(-c3ccccc3)cc2)N1. The second-order valence-corrected chi connectivity index (χ2v) is 6.73. The van der Waals surface area contributed by atoms with Crippen LogP contribution in [-0.2, 0) is 0 Å². The van der Waals surface area contributed by atoms with E-state index in [9.17, 15) is 10.5 Å². The number of rotatable bonds is 2. The number of allylic oxidation sites excluding steroid dienone is 3. The van der Waals surface area contributed by atoms with Gasteiger partial charge < -0.3 is 5.32 Å². The number of hydrogen-bond acceptors (Lipinski definition) is 3. The summed E-state index contributed by atoms with van der Waals surface area (Å²) in [5.41, 5.74) is 6.02. The molecule has 24 heavy (non-hydrogen) atoms. The highest BCUT2D eigenvalue weighted by Crippen LogP contribution is 2.33. The molecule has 0 amide bonds. The Labute approximate surface area is 155 Å². The van der Waals surface area contributed by atoms with Crippen molar-refractivity contribution in [1.29, 1.82) is 10.5 Å². The lowest BCUT2D eigenvalue weighted by molar-refractivity contribution is 0.986. The van der Waals surface area contributed by atoms with Gasteiger partial charge in [0.1, 0.15) is 0 Å². The molecule has 1 atom stereocenters. The van der Waals surface area contributed by atoms with Gasteiger partial charge in [-0.2, -0.15) is 10.5 Å². The van der Waals surface area contributed by atoms with Gasteiger partial charge >= 0.3 is 0 Å². The molecule has 1 aliphatic rings. The minimum Gasteiger partial charge on any atom is -0.357 e. The van der Waals surface area contributed by atoms with Crippen LogP contribution in [-0.4, -0.2) is 3.92 Å². The molecule has 3 nitrogen and oxygen atoms in total. The fourth-order valence-electron chi connectivity index (χ4n) is 2.72. The normalized spacial score (nSPS) is 17.1. The van der Waals surface area contributed by atoms with Crippen LogP contribution in [0.3, 0.4) is 0 Å². The third-order valence-corrected chi connectivity index (χ3v) is 5.26. The summed E-state index contributed by atoms with van der Waals surface area (Å²) in [6.45, 7) is 1.87. The molecule has 1 unspecified atom stereocenters. The van der Waals surface area contributed by atoms with E-state index < -0.39 is 0 Å². The summed E-state index contributed by atoms with van der Waals surface area (Å²) in [5, 5.41) is 22.1. The van der Waals surface area contributed by atoms with E-state index in [0.717, 1.165) is 28.1 Å². The number of dihydropyridines is 1. The van der Waals surface area contributed by atoms with Crippen LogP contribution in [0.1, 0.15) is 12.5 Å². The van der Waals surface area contributed by atoms with Gasteiger partial charge in [0.25, 0.3) is 0 Å². The molecule has 0 aromatic heterocycles. The summed E-state index contributed by atoms with van der Waals surface area (Å²) in [6.07, 6.45) is 0. The molecule has 0 saturated heterocycles. The summed E-state index contributed by atoms with van der Waals surface area (Å²) < 4.78 is -0.220. The molecule has 3 rings (SSSR count). The van der Waals surface area contributed by atoms with Gasteiger partial charge in [0.2, 0.25) is 0 Å². The Morgan fingerprint density at radius 2 is 1.38 bits per heavy atom. The first kappa shape index (κ1) is 16.3. The molecule has 4 heteroatoms. The molecule has 0 radical (unpaired) electrons. The minimum atomic E-state index is -0.220. The predicted molar refractivity (Wildman–Crippen MR) is 104 cm³/mol. The molecule has 0 aliphatic carbocycles. The maximum absolute atomic E-state index is 9.54. The fraction of sp³-hybridized carbons (Fsp3) is 0.100. The number of nitrogens with one attached hydrogen (secondary N) is 1. The molecule has 0 fully saturated rings. The van der Waals surface area contributed by atoms with E-state index in [-0.39, 0.29) is 3.92 Å². The van der Waals surface area contributed by atoms with Gasteiger partial charge in [0, 0.05) is 5.70 Å². The van der Waals surface area contributed by atoms with Crippen molar-refractivity contribution in [2.75, 3.05) is 0 Å². The van der Waals surface area contributed by atoms with Gasteiger partial charge in [-0.25, -0.2) is 0 Å². The number of alkyl halides is 1. The van der Waals surface area contributed by atoms with E-state index in [2.05, 4.69) is 64.3 Å². The highest BCUT2D eigenvalue weighted by Gasteiger charge is 2.27. The summed E-state index contributed by atoms with van der Waals surface area (Å²) in [4.78, 5) is 0. The van der Waals surface area contributed by atoms with Crippen LogP contribution in [0, 0.1) is 22.7 Å². The van der Waals surface area contributed by atoms with Crippen LogP contribution in [0.25, 0.3) is 16.8 Å². The van der Waals surface area contributed by atoms with Gasteiger partial charge in [-0.3, -0.25) is 0 Å². The second kappa shape index (κ2) is 6.90. The average molecular weight is 423 g/mol. The molecular formula is C20H14IN3. The van der Waals surface area contributed by atoms with E-state index in [4.69, 9.17) is 0 Å². The first-order valence-corrected chi connectivity index (χ1v) is 8.72. The molecule has 2 aromatic rings. The van der Waals surface area contributed by atoms with E-state index >= 15 is 0 Å². The highest BCUT2D eigenvalue weighted by molar-refractivity contribution is 14.1. The molecule has 0 saturated carbocycles. The largest absolute Gasteiger partial charge is 0.357 e. The zero-order valence-electron chi connectivity index (χ0n) is 13.0. The van der Waals surface area contributed by atoms with E-state index in [1.807, 2.05) is 37.3 Å². The molecule has 1 aliphatic heterocycles. The van der Waals surface area contributed by atoms with Crippen molar-refractivity contribution in [3.05, 3.63) is 77.0 Å². The van der Waals surface area contributed by atoms with Crippen molar-refractivity contribution in [3.63, 3.8) is 0 Å². The summed E-state index contributed by atoms with van der Waals surface area (Å²) in [5.74, 6) is 0. The molecule has 0 spiro atoms. The van der Waals surface area contributed by atoms with Crippen LogP contribution in [0.4, 0.5) is 0 Å². The summed E-state index contributed by atoms with van der Waals surface area (Å²) in [6, 6.07) is 22.7. The van der Waals surface area contributed by atoms with Crippen molar-refractivity contribution in [3.8, 4) is 23.3 Å². The monoisotopic (exact) mass is 423 g/mol. The topological polar surface area (TPSA) is 59.6 Å². The third kappa shape index (κ3) is 2.93. The number of hydrogen-bond donors (Lipinski definition) is 1. The van der Waals surface area contributed by atoms with Crippen molar-refractivity contribution >= 4 is 28.3 Å². The Morgan fingerprint density at radius 1 is 0.833 bits per heavy atom. The average Bonchev–Trinajstić information content (AvgIpc) is 2.62. The van der Waals surface area contributed by atoms with E-state index in [1.165, 1.54) is 0 Å². The van der Waals surface area contributed by atoms with Gasteiger partial charge in [0.15, 0.2) is 0 Å². The summed E-state index contributed by atoms with van der Waals surface area (Å²) in [7, 11) is 0.